The molecule has 3 rings (SSSR count). The second-order valence-electron chi connectivity index (χ2n) is 5.88. The normalized spacial score (nSPS) is 11.7. The van der Waals surface area contributed by atoms with Crippen molar-refractivity contribution in [3.05, 3.63) is 106 Å². The van der Waals surface area contributed by atoms with Crippen LogP contribution in [0.3, 0.4) is 0 Å². The van der Waals surface area contributed by atoms with Gasteiger partial charge < -0.3 is 15.0 Å². The summed E-state index contributed by atoms with van der Waals surface area (Å²) in [5.74, 6) is -0.312. The van der Waals surface area contributed by atoms with Crippen LogP contribution in [0, 0.1) is 0 Å². The molecule has 26 heavy (non-hydrogen) atoms. The van der Waals surface area contributed by atoms with E-state index in [1.165, 1.54) is 12.3 Å². The summed E-state index contributed by atoms with van der Waals surface area (Å²) in [6.45, 7) is 0.791. The smallest absolute Gasteiger partial charge is 0.252 e. The molecule has 0 spiro atoms. The van der Waals surface area contributed by atoms with Crippen molar-refractivity contribution in [1.82, 2.24) is 10.3 Å². The van der Waals surface area contributed by atoms with Crippen LogP contribution < -0.4 is 10.9 Å². The van der Waals surface area contributed by atoms with Crippen molar-refractivity contribution in [2.24, 2.45) is 0 Å². The molecule has 3 aromatic rings. The first kappa shape index (κ1) is 17.6. The Balaban J connectivity index is 1.69. The maximum atomic E-state index is 12.5. The van der Waals surface area contributed by atoms with Crippen molar-refractivity contribution in [3.8, 4) is 0 Å². The molecule has 2 N–H and O–H groups in total. The lowest BCUT2D eigenvalue weighted by atomic mass is 10.1. The largest absolute Gasteiger partial charge is 0.374 e. The zero-order valence-electron chi connectivity index (χ0n) is 14.2. The average molecular weight is 348 g/mol. The number of carbonyl (C=O) groups is 1. The van der Waals surface area contributed by atoms with E-state index in [9.17, 15) is 9.59 Å². The van der Waals surface area contributed by atoms with Crippen molar-refractivity contribution in [2.75, 3.05) is 6.61 Å². The SMILES string of the molecule is O=C(N[C@@H](COCc1ccccc1)c1ccccc1)c1cc[nH]c(=O)c1. The number of hydrogen-bond donors (Lipinski definition) is 2. The molecule has 1 aromatic heterocycles. The summed E-state index contributed by atoms with van der Waals surface area (Å²) in [6.07, 6.45) is 1.46. The summed E-state index contributed by atoms with van der Waals surface area (Å²) in [5.41, 5.74) is 2.02. The molecule has 0 radical (unpaired) electrons. The van der Waals surface area contributed by atoms with Gasteiger partial charge in [0.15, 0.2) is 0 Å². The van der Waals surface area contributed by atoms with Gasteiger partial charge in [-0.25, -0.2) is 0 Å². The van der Waals surface area contributed by atoms with Gasteiger partial charge in [-0.3, -0.25) is 9.59 Å². The van der Waals surface area contributed by atoms with Gasteiger partial charge in [-0.2, -0.15) is 0 Å². The van der Waals surface area contributed by atoms with E-state index >= 15 is 0 Å². The molecule has 0 bridgehead atoms. The van der Waals surface area contributed by atoms with E-state index in [1.54, 1.807) is 6.07 Å². The monoisotopic (exact) mass is 348 g/mol. The predicted octanol–water partition coefficient (Wildman–Crippen LogP) is 3.06. The van der Waals surface area contributed by atoms with Gasteiger partial charge in [-0.15, -0.1) is 0 Å². The van der Waals surface area contributed by atoms with E-state index in [2.05, 4.69) is 10.3 Å². The minimum Gasteiger partial charge on any atom is -0.374 e. The van der Waals surface area contributed by atoms with Crippen LogP contribution in [0.4, 0.5) is 0 Å². The molecular formula is C21H20N2O3. The predicted molar refractivity (Wildman–Crippen MR) is 99.8 cm³/mol. The Morgan fingerprint density at radius 2 is 1.69 bits per heavy atom. The molecule has 0 aliphatic carbocycles. The van der Waals surface area contributed by atoms with E-state index in [4.69, 9.17) is 4.74 Å². The summed E-state index contributed by atoms with van der Waals surface area (Å²) < 4.78 is 5.81. The lowest BCUT2D eigenvalue weighted by Gasteiger charge is -2.19. The number of aromatic amines is 1. The number of benzene rings is 2. The van der Waals surface area contributed by atoms with Crippen molar-refractivity contribution in [2.45, 2.75) is 12.6 Å². The minimum atomic E-state index is -0.313. The molecule has 1 amide bonds. The summed E-state index contributed by atoms with van der Waals surface area (Å²) in [4.78, 5) is 26.4. The number of hydrogen-bond acceptors (Lipinski definition) is 3. The highest BCUT2D eigenvalue weighted by molar-refractivity contribution is 5.94. The van der Waals surface area contributed by atoms with Crippen LogP contribution in [0.5, 0.6) is 0 Å². The molecule has 0 aliphatic rings. The highest BCUT2D eigenvalue weighted by Gasteiger charge is 2.16. The molecule has 5 nitrogen and oxygen atoms in total. The highest BCUT2D eigenvalue weighted by atomic mass is 16.5. The zero-order valence-corrected chi connectivity index (χ0v) is 14.2. The van der Waals surface area contributed by atoms with Gasteiger partial charge >= 0.3 is 0 Å². The summed E-state index contributed by atoms with van der Waals surface area (Å²) in [5, 5.41) is 2.95. The first-order chi connectivity index (χ1) is 12.7. The number of pyridine rings is 1. The molecule has 0 saturated carbocycles. The fourth-order valence-electron chi connectivity index (χ4n) is 2.60. The number of rotatable bonds is 7. The fourth-order valence-corrected chi connectivity index (χ4v) is 2.60. The minimum absolute atomic E-state index is 0.311. The van der Waals surface area contributed by atoms with E-state index in [0.717, 1.165) is 11.1 Å². The molecular weight excluding hydrogens is 328 g/mol. The van der Waals surface area contributed by atoms with Crippen molar-refractivity contribution in [1.29, 1.82) is 0 Å². The molecule has 1 heterocycles. The first-order valence-electron chi connectivity index (χ1n) is 8.38. The Hall–Kier alpha value is -3.18. The molecule has 0 fully saturated rings. The Bertz CT molecular complexity index is 892. The van der Waals surface area contributed by atoms with Gasteiger partial charge in [0.05, 0.1) is 19.3 Å². The second-order valence-corrected chi connectivity index (χ2v) is 5.88. The third-order valence-corrected chi connectivity index (χ3v) is 3.94. The maximum Gasteiger partial charge on any atom is 0.252 e. The highest BCUT2D eigenvalue weighted by Crippen LogP contribution is 2.15. The number of nitrogens with one attached hydrogen (secondary N) is 2. The van der Waals surface area contributed by atoms with Crippen LogP contribution in [0.25, 0.3) is 0 Å². The molecule has 0 aliphatic heterocycles. The molecule has 1 atom stereocenters. The van der Waals surface area contributed by atoms with Crippen LogP contribution >= 0.6 is 0 Å². The third-order valence-electron chi connectivity index (χ3n) is 3.94. The Labute approximate surface area is 151 Å². The second kappa shape index (κ2) is 8.78. The number of carbonyl (C=O) groups excluding carboxylic acids is 1. The number of amides is 1. The number of H-pyrrole nitrogens is 1. The van der Waals surface area contributed by atoms with Crippen LogP contribution in [0.15, 0.2) is 83.8 Å². The average Bonchev–Trinajstić information content (AvgIpc) is 2.68. The quantitative estimate of drug-likeness (QED) is 0.689. The van der Waals surface area contributed by atoms with Crippen molar-refractivity contribution < 1.29 is 9.53 Å². The topological polar surface area (TPSA) is 71.2 Å². The molecule has 0 saturated heterocycles. The summed E-state index contributed by atoms with van der Waals surface area (Å²) in [7, 11) is 0. The number of ether oxygens (including phenoxy) is 1. The Morgan fingerprint density at radius 1 is 1.00 bits per heavy atom. The summed E-state index contributed by atoms with van der Waals surface area (Å²) >= 11 is 0. The van der Waals surface area contributed by atoms with Gasteiger partial charge in [0, 0.05) is 17.8 Å². The summed E-state index contributed by atoms with van der Waals surface area (Å²) in [6, 6.07) is 22.0. The van der Waals surface area contributed by atoms with Crippen LogP contribution in [-0.4, -0.2) is 17.5 Å². The van der Waals surface area contributed by atoms with E-state index in [1.807, 2.05) is 60.7 Å². The Morgan fingerprint density at radius 3 is 2.38 bits per heavy atom. The zero-order chi connectivity index (χ0) is 18.2. The van der Waals surface area contributed by atoms with Crippen LogP contribution in [0.2, 0.25) is 0 Å². The molecule has 0 unspecified atom stereocenters. The van der Waals surface area contributed by atoms with E-state index in [0.29, 0.717) is 18.8 Å². The maximum absolute atomic E-state index is 12.5. The molecule has 5 heteroatoms. The first-order valence-corrected chi connectivity index (χ1v) is 8.38. The standard InChI is InChI=1S/C21H20N2O3/c24-20-13-18(11-12-22-20)21(25)23-19(17-9-5-2-6-10-17)15-26-14-16-7-3-1-4-8-16/h1-13,19H,14-15H2,(H,22,24)(H,23,25)/t19-/m0/s1. The molecule has 132 valence electrons. The van der Waals surface area contributed by atoms with Crippen molar-refractivity contribution >= 4 is 5.91 Å². The van der Waals surface area contributed by atoms with Gasteiger partial charge in [-0.1, -0.05) is 60.7 Å². The lowest BCUT2D eigenvalue weighted by molar-refractivity contribution is 0.0796. The van der Waals surface area contributed by atoms with Gasteiger partial charge in [-0.05, 0) is 17.2 Å². The Kier molecular flexibility index (Phi) is 5.96. The van der Waals surface area contributed by atoms with Crippen LogP contribution in [0.1, 0.15) is 27.5 Å². The fraction of sp³-hybridized carbons (Fsp3) is 0.143. The van der Waals surface area contributed by atoms with Gasteiger partial charge in [0.25, 0.3) is 5.91 Å². The number of aromatic nitrogens is 1. The van der Waals surface area contributed by atoms with E-state index < -0.39 is 0 Å². The molecule has 2 aromatic carbocycles. The van der Waals surface area contributed by atoms with Gasteiger partial charge in [0.2, 0.25) is 5.56 Å². The van der Waals surface area contributed by atoms with E-state index in [-0.39, 0.29) is 17.5 Å². The third kappa shape index (κ3) is 4.91. The van der Waals surface area contributed by atoms with Gasteiger partial charge in [0.1, 0.15) is 0 Å². The van der Waals surface area contributed by atoms with Crippen molar-refractivity contribution in [3.63, 3.8) is 0 Å². The lowest BCUT2D eigenvalue weighted by Crippen LogP contribution is -2.32. The van der Waals surface area contributed by atoms with Crippen LogP contribution in [-0.2, 0) is 11.3 Å².